The number of hydrogen-bond acceptors (Lipinski definition) is 1. The smallest absolute Gasteiger partial charge is 0.0515 e. The van der Waals surface area contributed by atoms with E-state index in [9.17, 15) is 0 Å². The van der Waals surface area contributed by atoms with Crippen molar-refractivity contribution in [3.05, 3.63) is 12.2 Å². The molecule has 0 heterocycles. The van der Waals surface area contributed by atoms with E-state index in [0.29, 0.717) is 0 Å². The molecule has 0 fully saturated rings. The molecule has 0 aromatic heterocycles. The summed E-state index contributed by atoms with van der Waals surface area (Å²) in [6, 6.07) is 0. The van der Waals surface area contributed by atoms with E-state index < -0.39 is 0 Å². The highest BCUT2D eigenvalue weighted by Crippen LogP contribution is 2.07. The maximum absolute atomic E-state index is 9.04. The molecule has 0 aliphatic heterocycles. The Morgan fingerprint density at radius 3 is 2.20 bits per heavy atom. The third-order valence-electron chi connectivity index (χ3n) is 2.64. The van der Waals surface area contributed by atoms with E-state index in [1.807, 2.05) is 6.92 Å². The molecule has 0 bridgehead atoms. The van der Waals surface area contributed by atoms with Crippen molar-refractivity contribution in [2.75, 3.05) is 0 Å². The Labute approximate surface area is 95.6 Å². The molecule has 0 radical (unpaired) electrons. The van der Waals surface area contributed by atoms with Crippen molar-refractivity contribution in [1.29, 1.82) is 0 Å². The van der Waals surface area contributed by atoms with E-state index in [0.717, 1.165) is 12.8 Å². The second kappa shape index (κ2) is 11.8. The lowest BCUT2D eigenvalue weighted by Gasteiger charge is -1.99. The average molecular weight is 212 g/mol. The van der Waals surface area contributed by atoms with Gasteiger partial charge in [-0.2, -0.15) is 0 Å². The zero-order valence-electron chi connectivity index (χ0n) is 10.5. The van der Waals surface area contributed by atoms with Gasteiger partial charge in [-0.25, -0.2) is 0 Å². The van der Waals surface area contributed by atoms with Crippen LogP contribution in [0, 0.1) is 0 Å². The summed E-state index contributed by atoms with van der Waals surface area (Å²) in [6.07, 6.45) is 15.7. The molecule has 1 heteroatoms. The van der Waals surface area contributed by atoms with Gasteiger partial charge in [0.25, 0.3) is 0 Å². The highest BCUT2D eigenvalue weighted by Gasteiger charge is 1.91. The summed E-state index contributed by atoms with van der Waals surface area (Å²) in [5, 5.41) is 9.04. The largest absolute Gasteiger partial charge is 0.393 e. The summed E-state index contributed by atoms with van der Waals surface area (Å²) in [7, 11) is 0. The van der Waals surface area contributed by atoms with Crippen LogP contribution < -0.4 is 0 Å². The van der Waals surface area contributed by atoms with Crippen molar-refractivity contribution in [3.8, 4) is 0 Å². The Hall–Kier alpha value is -0.300. The first-order valence-corrected chi connectivity index (χ1v) is 6.60. The van der Waals surface area contributed by atoms with Crippen molar-refractivity contribution in [2.24, 2.45) is 0 Å². The molecule has 15 heavy (non-hydrogen) atoms. The van der Waals surface area contributed by atoms with Crippen LogP contribution in [0.2, 0.25) is 0 Å². The van der Waals surface area contributed by atoms with Gasteiger partial charge in [-0.3, -0.25) is 0 Å². The van der Waals surface area contributed by atoms with Crippen LogP contribution in [0.3, 0.4) is 0 Å². The Balaban J connectivity index is 3.03. The predicted octanol–water partition coefficient (Wildman–Crippen LogP) is 4.45. The van der Waals surface area contributed by atoms with Gasteiger partial charge < -0.3 is 5.11 Å². The van der Waals surface area contributed by atoms with Gasteiger partial charge in [0.05, 0.1) is 6.10 Å². The normalized spacial score (nSPS) is 13.5. The van der Waals surface area contributed by atoms with Crippen molar-refractivity contribution < 1.29 is 5.11 Å². The van der Waals surface area contributed by atoms with Crippen LogP contribution in [-0.2, 0) is 0 Å². The van der Waals surface area contributed by atoms with Gasteiger partial charge in [-0.05, 0) is 32.6 Å². The second-order valence-electron chi connectivity index (χ2n) is 4.45. The molecular formula is C14H28O. The fourth-order valence-corrected chi connectivity index (χ4v) is 1.62. The fraction of sp³-hybridized carbons (Fsp3) is 0.857. The third kappa shape index (κ3) is 13.7. The molecule has 0 saturated heterocycles. The van der Waals surface area contributed by atoms with Crippen LogP contribution in [-0.4, -0.2) is 11.2 Å². The molecule has 0 amide bonds. The Morgan fingerprint density at radius 2 is 1.53 bits per heavy atom. The lowest BCUT2D eigenvalue weighted by molar-refractivity contribution is 0.186. The summed E-state index contributed by atoms with van der Waals surface area (Å²) in [6.45, 7) is 4.10. The summed E-state index contributed by atoms with van der Waals surface area (Å²) < 4.78 is 0. The van der Waals surface area contributed by atoms with Crippen LogP contribution in [0.1, 0.15) is 71.6 Å². The van der Waals surface area contributed by atoms with E-state index >= 15 is 0 Å². The molecule has 1 atom stereocenters. The first kappa shape index (κ1) is 14.7. The van der Waals surface area contributed by atoms with Gasteiger partial charge >= 0.3 is 0 Å². The molecule has 0 spiro atoms. The zero-order valence-corrected chi connectivity index (χ0v) is 10.5. The molecule has 1 nitrogen and oxygen atoms in total. The predicted molar refractivity (Wildman–Crippen MR) is 68.0 cm³/mol. The van der Waals surface area contributed by atoms with E-state index in [1.54, 1.807) is 0 Å². The molecule has 0 rings (SSSR count). The minimum atomic E-state index is -0.149. The number of allylic oxidation sites excluding steroid dienone is 2. The van der Waals surface area contributed by atoms with Crippen molar-refractivity contribution in [3.63, 3.8) is 0 Å². The number of rotatable bonds is 10. The summed E-state index contributed by atoms with van der Waals surface area (Å²) in [4.78, 5) is 0. The Kier molecular flexibility index (Phi) is 11.5. The molecule has 0 aliphatic rings. The molecule has 0 saturated carbocycles. The summed E-state index contributed by atoms with van der Waals surface area (Å²) in [5.41, 5.74) is 0. The maximum Gasteiger partial charge on any atom is 0.0515 e. The number of hydrogen-bond donors (Lipinski definition) is 1. The van der Waals surface area contributed by atoms with Gasteiger partial charge in [-0.15, -0.1) is 0 Å². The van der Waals surface area contributed by atoms with E-state index in [4.69, 9.17) is 5.11 Å². The van der Waals surface area contributed by atoms with Crippen LogP contribution in [0.4, 0.5) is 0 Å². The summed E-state index contributed by atoms with van der Waals surface area (Å²) >= 11 is 0. The lowest BCUT2D eigenvalue weighted by Crippen LogP contribution is -1.96. The average Bonchev–Trinajstić information content (AvgIpc) is 2.20. The SMILES string of the molecule is CCCCCCCC/C=C/CCC(C)O. The first-order valence-electron chi connectivity index (χ1n) is 6.60. The molecular weight excluding hydrogens is 184 g/mol. The van der Waals surface area contributed by atoms with Gasteiger partial charge in [-0.1, -0.05) is 51.2 Å². The highest BCUT2D eigenvalue weighted by atomic mass is 16.3. The van der Waals surface area contributed by atoms with Gasteiger partial charge in [0.1, 0.15) is 0 Å². The van der Waals surface area contributed by atoms with Crippen LogP contribution in [0.25, 0.3) is 0 Å². The molecule has 0 aromatic carbocycles. The first-order chi connectivity index (χ1) is 7.27. The third-order valence-corrected chi connectivity index (χ3v) is 2.64. The van der Waals surface area contributed by atoms with Gasteiger partial charge in [0.2, 0.25) is 0 Å². The van der Waals surface area contributed by atoms with E-state index in [2.05, 4.69) is 19.1 Å². The quantitative estimate of drug-likeness (QED) is 0.419. The number of unbranched alkanes of at least 4 members (excludes halogenated alkanes) is 6. The van der Waals surface area contributed by atoms with Crippen LogP contribution in [0.5, 0.6) is 0 Å². The molecule has 90 valence electrons. The summed E-state index contributed by atoms with van der Waals surface area (Å²) in [5.74, 6) is 0. The van der Waals surface area contributed by atoms with Crippen LogP contribution >= 0.6 is 0 Å². The van der Waals surface area contributed by atoms with Crippen LogP contribution in [0.15, 0.2) is 12.2 Å². The second-order valence-corrected chi connectivity index (χ2v) is 4.45. The maximum atomic E-state index is 9.04. The lowest BCUT2D eigenvalue weighted by atomic mass is 10.1. The fourth-order valence-electron chi connectivity index (χ4n) is 1.62. The monoisotopic (exact) mass is 212 g/mol. The number of aliphatic hydroxyl groups excluding tert-OH is 1. The topological polar surface area (TPSA) is 20.2 Å². The molecule has 0 aliphatic carbocycles. The van der Waals surface area contributed by atoms with Crippen molar-refractivity contribution >= 4 is 0 Å². The highest BCUT2D eigenvalue weighted by molar-refractivity contribution is 4.81. The Morgan fingerprint density at radius 1 is 0.933 bits per heavy atom. The van der Waals surface area contributed by atoms with Gasteiger partial charge in [0.15, 0.2) is 0 Å². The Bertz CT molecular complexity index is 138. The van der Waals surface area contributed by atoms with E-state index in [1.165, 1.54) is 44.9 Å². The number of aliphatic hydroxyl groups is 1. The van der Waals surface area contributed by atoms with E-state index in [-0.39, 0.29) is 6.10 Å². The zero-order chi connectivity index (χ0) is 11.4. The minimum Gasteiger partial charge on any atom is -0.393 e. The minimum absolute atomic E-state index is 0.149. The van der Waals surface area contributed by atoms with Crippen molar-refractivity contribution in [2.45, 2.75) is 77.7 Å². The standard InChI is InChI=1S/C14H28O/c1-3-4-5-6-7-8-9-10-11-12-13-14(2)15/h10-11,14-15H,3-9,12-13H2,1-2H3/b11-10+. The molecule has 1 unspecified atom stereocenters. The molecule has 1 N–H and O–H groups in total. The van der Waals surface area contributed by atoms with Crippen molar-refractivity contribution in [1.82, 2.24) is 0 Å². The van der Waals surface area contributed by atoms with Gasteiger partial charge in [0, 0.05) is 0 Å². The molecule has 0 aromatic rings.